The van der Waals surface area contributed by atoms with E-state index in [1.54, 1.807) is 0 Å². The highest BCUT2D eigenvalue weighted by Gasteiger charge is 2.20. The second-order valence-corrected chi connectivity index (χ2v) is 7.43. The highest BCUT2D eigenvalue weighted by atomic mass is 35.5. The molecule has 0 aliphatic carbocycles. The number of carbonyl (C=O) groups is 1. The summed E-state index contributed by atoms with van der Waals surface area (Å²) in [7, 11) is 0.211. The SMILES string of the molecule is COc1cc(NS(=O)(=O)c2ccc(OC)c(NC(C)=O)c2)c(OC)cc1Cl. The lowest BCUT2D eigenvalue weighted by molar-refractivity contribution is -0.114. The van der Waals surface area contributed by atoms with Crippen LogP contribution in [0.1, 0.15) is 6.92 Å². The number of hydrogen-bond acceptors (Lipinski definition) is 6. The zero-order valence-corrected chi connectivity index (χ0v) is 16.7. The van der Waals surface area contributed by atoms with E-state index in [2.05, 4.69) is 10.0 Å². The molecule has 0 heterocycles. The fourth-order valence-corrected chi connectivity index (χ4v) is 3.60. The van der Waals surface area contributed by atoms with E-state index in [1.807, 2.05) is 0 Å². The lowest BCUT2D eigenvalue weighted by Crippen LogP contribution is -2.15. The number of anilines is 2. The molecule has 0 saturated heterocycles. The Labute approximate surface area is 162 Å². The Morgan fingerprint density at radius 2 is 1.56 bits per heavy atom. The van der Waals surface area contributed by atoms with Gasteiger partial charge in [-0.15, -0.1) is 0 Å². The first-order valence-corrected chi connectivity index (χ1v) is 9.48. The fraction of sp³-hybridized carbons (Fsp3) is 0.235. The minimum Gasteiger partial charge on any atom is -0.495 e. The van der Waals surface area contributed by atoms with Crippen molar-refractivity contribution in [1.82, 2.24) is 0 Å². The third-order valence-electron chi connectivity index (χ3n) is 3.51. The van der Waals surface area contributed by atoms with E-state index in [1.165, 1.54) is 58.6 Å². The summed E-state index contributed by atoms with van der Waals surface area (Å²) in [5.41, 5.74) is 0.379. The van der Waals surface area contributed by atoms with E-state index < -0.39 is 10.0 Å². The molecule has 27 heavy (non-hydrogen) atoms. The van der Waals surface area contributed by atoms with E-state index >= 15 is 0 Å². The standard InChI is InChI=1S/C17H19ClN2O6S/c1-10(21)19-13-7-11(5-6-15(13)24-2)27(22,23)20-14-9-16(25-3)12(18)8-17(14)26-4/h5-9,20H,1-4H3,(H,19,21). The molecule has 0 atom stereocenters. The summed E-state index contributed by atoms with van der Waals surface area (Å²) >= 11 is 6.03. The van der Waals surface area contributed by atoms with Crippen molar-refractivity contribution in [2.45, 2.75) is 11.8 Å². The van der Waals surface area contributed by atoms with Gasteiger partial charge in [0.05, 0.1) is 42.6 Å². The van der Waals surface area contributed by atoms with Crippen molar-refractivity contribution in [2.24, 2.45) is 0 Å². The Hall–Kier alpha value is -2.65. The van der Waals surface area contributed by atoms with Crippen molar-refractivity contribution in [3.63, 3.8) is 0 Å². The molecule has 0 aliphatic heterocycles. The molecule has 0 unspecified atom stereocenters. The average molecular weight is 415 g/mol. The molecular weight excluding hydrogens is 396 g/mol. The molecule has 0 aliphatic rings. The molecule has 2 rings (SSSR count). The molecule has 0 radical (unpaired) electrons. The van der Waals surface area contributed by atoms with E-state index in [0.717, 1.165) is 0 Å². The maximum Gasteiger partial charge on any atom is 0.262 e. The van der Waals surface area contributed by atoms with Gasteiger partial charge in [0.15, 0.2) is 0 Å². The van der Waals surface area contributed by atoms with Gasteiger partial charge >= 0.3 is 0 Å². The van der Waals surface area contributed by atoms with Crippen molar-refractivity contribution < 1.29 is 27.4 Å². The molecule has 146 valence electrons. The van der Waals surface area contributed by atoms with Crippen LogP contribution in [0.2, 0.25) is 5.02 Å². The molecule has 10 heteroatoms. The van der Waals surface area contributed by atoms with Crippen molar-refractivity contribution in [3.8, 4) is 17.2 Å². The molecule has 1 amide bonds. The van der Waals surface area contributed by atoms with Crippen LogP contribution in [0.3, 0.4) is 0 Å². The van der Waals surface area contributed by atoms with E-state index in [-0.39, 0.29) is 38.7 Å². The second-order valence-electron chi connectivity index (χ2n) is 5.34. The van der Waals surface area contributed by atoms with Crippen molar-refractivity contribution >= 4 is 38.9 Å². The Kier molecular flexibility index (Phi) is 6.40. The number of rotatable bonds is 7. The molecule has 8 nitrogen and oxygen atoms in total. The van der Waals surface area contributed by atoms with Crippen molar-refractivity contribution in [2.75, 3.05) is 31.4 Å². The summed E-state index contributed by atoms with van der Waals surface area (Å²) in [5.74, 6) is 0.471. The first-order chi connectivity index (χ1) is 12.7. The first-order valence-electron chi connectivity index (χ1n) is 7.61. The molecular formula is C17H19ClN2O6S. The van der Waals surface area contributed by atoms with Crippen LogP contribution in [0, 0.1) is 0 Å². The zero-order valence-electron chi connectivity index (χ0n) is 15.1. The zero-order chi connectivity index (χ0) is 20.2. The molecule has 0 spiro atoms. The Balaban J connectivity index is 2.46. The molecule has 2 aromatic carbocycles. The summed E-state index contributed by atoms with van der Waals surface area (Å²) in [6.07, 6.45) is 0. The average Bonchev–Trinajstić information content (AvgIpc) is 2.62. The van der Waals surface area contributed by atoms with Gasteiger partial charge in [0.2, 0.25) is 5.91 Å². The Bertz CT molecular complexity index is 962. The van der Waals surface area contributed by atoms with Gasteiger partial charge in [0.1, 0.15) is 17.2 Å². The summed E-state index contributed by atoms with van der Waals surface area (Å²) in [6, 6.07) is 6.94. The van der Waals surface area contributed by atoms with Gasteiger partial charge < -0.3 is 19.5 Å². The van der Waals surface area contributed by atoms with Gasteiger partial charge in [-0.25, -0.2) is 8.42 Å². The molecule has 2 N–H and O–H groups in total. The quantitative estimate of drug-likeness (QED) is 0.721. The summed E-state index contributed by atoms with van der Waals surface area (Å²) < 4.78 is 43.4. The number of hydrogen-bond donors (Lipinski definition) is 2. The van der Waals surface area contributed by atoms with Crippen LogP contribution in [0.5, 0.6) is 17.2 Å². The highest BCUT2D eigenvalue weighted by molar-refractivity contribution is 7.92. The number of halogens is 1. The summed E-state index contributed by atoms with van der Waals surface area (Å²) in [5, 5.41) is 2.80. The van der Waals surface area contributed by atoms with Gasteiger partial charge in [0, 0.05) is 19.1 Å². The van der Waals surface area contributed by atoms with Gasteiger partial charge in [-0.2, -0.15) is 0 Å². The third kappa shape index (κ3) is 4.75. The van der Waals surface area contributed by atoms with Gasteiger partial charge in [-0.1, -0.05) is 11.6 Å². The predicted octanol–water partition coefficient (Wildman–Crippen LogP) is 3.13. The van der Waals surface area contributed by atoms with Gasteiger partial charge in [-0.3, -0.25) is 9.52 Å². The van der Waals surface area contributed by atoms with Crippen LogP contribution >= 0.6 is 11.6 Å². The number of carbonyl (C=O) groups excluding carboxylic acids is 1. The number of benzene rings is 2. The predicted molar refractivity (Wildman–Crippen MR) is 103 cm³/mol. The highest BCUT2D eigenvalue weighted by Crippen LogP contribution is 2.37. The van der Waals surface area contributed by atoms with E-state index in [4.69, 9.17) is 25.8 Å². The second kappa shape index (κ2) is 8.36. The number of nitrogens with one attached hydrogen (secondary N) is 2. The normalized spacial score (nSPS) is 10.9. The Morgan fingerprint density at radius 1 is 0.926 bits per heavy atom. The topological polar surface area (TPSA) is 103 Å². The summed E-state index contributed by atoms with van der Waals surface area (Å²) in [4.78, 5) is 11.3. The smallest absolute Gasteiger partial charge is 0.262 e. The molecule has 0 aromatic heterocycles. The van der Waals surface area contributed by atoms with Gasteiger partial charge in [0.25, 0.3) is 10.0 Å². The van der Waals surface area contributed by atoms with Crippen LogP contribution < -0.4 is 24.2 Å². The monoisotopic (exact) mass is 414 g/mol. The van der Waals surface area contributed by atoms with E-state index in [0.29, 0.717) is 5.75 Å². The van der Waals surface area contributed by atoms with Crippen molar-refractivity contribution in [3.05, 3.63) is 35.4 Å². The third-order valence-corrected chi connectivity index (χ3v) is 5.17. The molecule has 0 bridgehead atoms. The molecule has 0 fully saturated rings. The minimum atomic E-state index is -4.00. The largest absolute Gasteiger partial charge is 0.495 e. The Morgan fingerprint density at radius 3 is 2.11 bits per heavy atom. The van der Waals surface area contributed by atoms with E-state index in [9.17, 15) is 13.2 Å². The lowest BCUT2D eigenvalue weighted by Gasteiger charge is -2.15. The van der Waals surface area contributed by atoms with Gasteiger partial charge in [-0.05, 0) is 18.2 Å². The van der Waals surface area contributed by atoms with Crippen LogP contribution in [-0.2, 0) is 14.8 Å². The molecule has 0 saturated carbocycles. The number of methoxy groups -OCH3 is 3. The number of amides is 1. The summed E-state index contributed by atoms with van der Waals surface area (Å²) in [6.45, 7) is 1.31. The van der Waals surface area contributed by atoms with Crippen LogP contribution in [-0.4, -0.2) is 35.7 Å². The molecule has 2 aromatic rings. The van der Waals surface area contributed by atoms with Crippen molar-refractivity contribution in [1.29, 1.82) is 0 Å². The maximum atomic E-state index is 12.8. The lowest BCUT2D eigenvalue weighted by atomic mass is 10.3. The fourth-order valence-electron chi connectivity index (χ4n) is 2.29. The minimum absolute atomic E-state index is 0.0805. The number of sulfonamides is 1. The first kappa shape index (κ1) is 20.7. The van der Waals surface area contributed by atoms with Crippen LogP contribution in [0.4, 0.5) is 11.4 Å². The van der Waals surface area contributed by atoms with Crippen LogP contribution in [0.25, 0.3) is 0 Å². The van der Waals surface area contributed by atoms with Crippen LogP contribution in [0.15, 0.2) is 35.2 Å². The number of ether oxygens (including phenoxy) is 3. The maximum absolute atomic E-state index is 12.8.